The number of pyridine rings is 2. The van der Waals surface area contributed by atoms with Gasteiger partial charge in [0.2, 0.25) is 0 Å². The molecule has 5 heterocycles. The standard InChI is InChI=1S/C26H20Cl2N4O.C10H8ClNO.C9H8ClN.CH4/c1-15-23(22-12-19(27)3-5-25(22)32-15)14-31-26(33)17-6-7-29-21(11-17)9-16-2-4-24-18(8-16)10-20(28)13-30-24;1-6-9(5-13)8-4-7(11)2-3-10(8)12-6;1-6-4-7-5-8(10)2-3-9(7)11-6;/h2-8,10-13,32H,9,14H2,1H3,(H,31,33);2-5,12H,1H3;2-5,11H,1H3;1H4. The van der Waals surface area contributed by atoms with Crippen LogP contribution in [0.5, 0.6) is 0 Å². The van der Waals surface area contributed by atoms with Gasteiger partial charge in [0.15, 0.2) is 6.29 Å². The summed E-state index contributed by atoms with van der Waals surface area (Å²) < 4.78 is 0. The molecule has 0 unspecified atom stereocenters. The summed E-state index contributed by atoms with van der Waals surface area (Å²) in [5.74, 6) is -0.149. The van der Waals surface area contributed by atoms with Gasteiger partial charge in [0.1, 0.15) is 0 Å². The Bertz CT molecular complexity index is 2930. The average Bonchev–Trinajstić information content (AvgIpc) is 3.83. The first-order valence-electron chi connectivity index (χ1n) is 18.0. The number of halogens is 4. The summed E-state index contributed by atoms with van der Waals surface area (Å²) in [6.07, 6.45) is 4.76. The van der Waals surface area contributed by atoms with Crippen molar-refractivity contribution in [2.24, 2.45) is 0 Å². The molecule has 0 saturated carbocycles. The van der Waals surface area contributed by atoms with Crippen molar-refractivity contribution in [3.63, 3.8) is 0 Å². The van der Waals surface area contributed by atoms with Gasteiger partial charge in [-0.2, -0.15) is 0 Å². The molecule has 5 aromatic heterocycles. The summed E-state index contributed by atoms with van der Waals surface area (Å²) in [5.41, 5.74) is 11.2. The predicted molar refractivity (Wildman–Crippen MR) is 241 cm³/mol. The Morgan fingerprint density at radius 2 is 1.33 bits per heavy atom. The van der Waals surface area contributed by atoms with Crippen molar-refractivity contribution in [1.29, 1.82) is 0 Å². The molecule has 0 saturated heterocycles. The number of carbonyl (C=O) groups is 2. The maximum Gasteiger partial charge on any atom is 0.251 e. The number of aromatic nitrogens is 5. The molecule has 12 heteroatoms. The van der Waals surface area contributed by atoms with Crippen molar-refractivity contribution >= 4 is 102 Å². The van der Waals surface area contributed by atoms with Gasteiger partial charge in [-0.1, -0.05) is 59.9 Å². The number of hydrogen-bond acceptors (Lipinski definition) is 4. The number of aldehydes is 1. The van der Waals surface area contributed by atoms with Gasteiger partial charge in [-0.05, 0) is 123 Å². The summed E-state index contributed by atoms with van der Waals surface area (Å²) >= 11 is 23.9. The van der Waals surface area contributed by atoms with Crippen LogP contribution in [0.25, 0.3) is 43.6 Å². The van der Waals surface area contributed by atoms with Crippen molar-refractivity contribution in [3.8, 4) is 0 Å². The van der Waals surface area contributed by atoms with Crippen molar-refractivity contribution in [3.05, 3.63) is 175 Å². The van der Waals surface area contributed by atoms with Crippen molar-refractivity contribution in [2.75, 3.05) is 0 Å². The van der Waals surface area contributed by atoms with Crippen molar-refractivity contribution in [2.45, 2.75) is 41.2 Å². The molecule has 294 valence electrons. The van der Waals surface area contributed by atoms with Gasteiger partial charge in [0, 0.05) is 112 Å². The average molecular weight is 851 g/mol. The predicted octanol–water partition coefficient (Wildman–Crippen LogP) is 13.0. The number of fused-ring (bicyclic) bond motifs is 4. The van der Waals surface area contributed by atoms with Crippen LogP contribution < -0.4 is 5.32 Å². The van der Waals surface area contributed by atoms with Gasteiger partial charge in [-0.15, -0.1) is 0 Å². The van der Waals surface area contributed by atoms with Gasteiger partial charge in [-0.3, -0.25) is 19.6 Å². The molecule has 0 spiro atoms. The second-order valence-corrected chi connectivity index (χ2v) is 15.4. The molecular formula is C46H40Cl4N6O2. The lowest BCUT2D eigenvalue weighted by molar-refractivity contribution is 0.0950. The van der Waals surface area contributed by atoms with Gasteiger partial charge >= 0.3 is 0 Å². The Morgan fingerprint density at radius 3 is 2.07 bits per heavy atom. The molecule has 0 fully saturated rings. The smallest absolute Gasteiger partial charge is 0.251 e. The third-order valence-electron chi connectivity index (χ3n) is 9.52. The van der Waals surface area contributed by atoms with Gasteiger partial charge in [0.05, 0.1) is 10.5 Å². The molecule has 9 aromatic rings. The maximum atomic E-state index is 12.9. The fraction of sp³-hybridized carbons (Fsp3) is 0.130. The van der Waals surface area contributed by atoms with Crippen LogP contribution in [0.15, 0.2) is 109 Å². The van der Waals surface area contributed by atoms with Crippen LogP contribution >= 0.6 is 46.4 Å². The second kappa shape index (κ2) is 18.3. The monoisotopic (exact) mass is 848 g/mol. The SMILES string of the molecule is C.Cc1[nH]c2ccc(Cl)cc2c1C=O.Cc1[nH]c2ccc(Cl)cc2c1CNC(=O)c1ccnc(Cc2ccc3ncc(Cl)cc3c2)c1.Cc1cc2cc(Cl)ccc2[nH]1. The van der Waals surface area contributed by atoms with E-state index < -0.39 is 0 Å². The number of benzene rings is 4. The lowest BCUT2D eigenvalue weighted by Gasteiger charge is -2.08. The highest BCUT2D eigenvalue weighted by Crippen LogP contribution is 2.27. The van der Waals surface area contributed by atoms with Gasteiger partial charge in [0.25, 0.3) is 5.91 Å². The lowest BCUT2D eigenvalue weighted by Crippen LogP contribution is -2.23. The Kier molecular flexibility index (Phi) is 13.2. The number of carbonyl (C=O) groups excluding carboxylic acids is 2. The van der Waals surface area contributed by atoms with E-state index in [1.165, 1.54) is 11.1 Å². The minimum absolute atomic E-state index is 0. The summed E-state index contributed by atoms with van der Waals surface area (Å²) in [4.78, 5) is 42.1. The van der Waals surface area contributed by atoms with E-state index >= 15 is 0 Å². The third kappa shape index (κ3) is 9.72. The van der Waals surface area contributed by atoms with E-state index in [9.17, 15) is 9.59 Å². The minimum Gasteiger partial charge on any atom is -0.359 e. The zero-order chi connectivity index (χ0) is 40.2. The number of aryl methyl sites for hydroxylation is 3. The second-order valence-electron chi connectivity index (χ2n) is 13.6. The molecule has 58 heavy (non-hydrogen) atoms. The molecule has 0 radical (unpaired) electrons. The maximum absolute atomic E-state index is 12.9. The van der Waals surface area contributed by atoms with Crippen LogP contribution in [0, 0.1) is 20.8 Å². The van der Waals surface area contributed by atoms with E-state index in [-0.39, 0.29) is 13.3 Å². The number of hydrogen-bond donors (Lipinski definition) is 4. The Morgan fingerprint density at radius 1 is 0.672 bits per heavy atom. The molecule has 4 N–H and O–H groups in total. The summed E-state index contributed by atoms with van der Waals surface area (Å²) in [7, 11) is 0. The zero-order valence-electron chi connectivity index (χ0n) is 31.1. The van der Waals surface area contributed by atoms with Crippen molar-refractivity contribution in [1.82, 2.24) is 30.2 Å². The number of H-pyrrole nitrogens is 3. The van der Waals surface area contributed by atoms with Gasteiger partial charge < -0.3 is 20.3 Å². The molecule has 1 amide bonds. The van der Waals surface area contributed by atoms with Gasteiger partial charge in [-0.25, -0.2) is 0 Å². The van der Waals surface area contributed by atoms with Crippen LogP contribution in [0.1, 0.15) is 62.0 Å². The summed E-state index contributed by atoms with van der Waals surface area (Å²) in [6.45, 7) is 6.30. The number of amides is 1. The molecule has 0 atom stereocenters. The minimum atomic E-state index is -0.149. The molecule has 8 nitrogen and oxygen atoms in total. The highest BCUT2D eigenvalue weighted by atomic mass is 35.5. The molecule has 0 aliphatic heterocycles. The highest BCUT2D eigenvalue weighted by molar-refractivity contribution is 6.32. The highest BCUT2D eigenvalue weighted by Gasteiger charge is 2.13. The number of rotatable bonds is 6. The lowest BCUT2D eigenvalue weighted by atomic mass is 10.0. The summed E-state index contributed by atoms with van der Waals surface area (Å²) in [6, 6.07) is 30.6. The fourth-order valence-electron chi connectivity index (χ4n) is 6.76. The number of nitrogens with zero attached hydrogens (tertiary/aromatic N) is 2. The first-order chi connectivity index (χ1) is 27.4. The topological polar surface area (TPSA) is 119 Å². The van der Waals surface area contributed by atoms with E-state index in [1.54, 1.807) is 30.6 Å². The van der Waals surface area contributed by atoms with E-state index in [2.05, 4.69) is 36.3 Å². The largest absolute Gasteiger partial charge is 0.359 e. The summed E-state index contributed by atoms with van der Waals surface area (Å²) in [5, 5.41) is 9.78. The normalized spacial score (nSPS) is 10.8. The molecule has 4 aromatic carbocycles. The fourth-order valence-corrected chi connectivity index (χ4v) is 7.45. The molecule has 0 aliphatic rings. The van der Waals surface area contributed by atoms with Crippen molar-refractivity contribution < 1.29 is 9.59 Å². The van der Waals surface area contributed by atoms with Crippen LogP contribution in [0.3, 0.4) is 0 Å². The van der Waals surface area contributed by atoms with Crippen LogP contribution in [-0.4, -0.2) is 37.1 Å². The van der Waals surface area contributed by atoms with E-state index in [0.717, 1.165) is 77.7 Å². The van der Waals surface area contributed by atoms with Crippen LogP contribution in [0.2, 0.25) is 20.1 Å². The molecule has 9 rings (SSSR count). The Hall–Kier alpha value is -5.64. The Labute approximate surface area is 355 Å². The van der Waals surface area contributed by atoms with E-state index in [0.29, 0.717) is 39.2 Å². The first-order valence-corrected chi connectivity index (χ1v) is 19.5. The Balaban J connectivity index is 0.000000184. The van der Waals surface area contributed by atoms with Crippen LogP contribution in [-0.2, 0) is 13.0 Å². The molecule has 0 bridgehead atoms. The third-order valence-corrected chi connectivity index (χ3v) is 10.4. The quantitative estimate of drug-likeness (QED) is 0.125. The van der Waals surface area contributed by atoms with Crippen LogP contribution in [0.4, 0.5) is 0 Å². The van der Waals surface area contributed by atoms with E-state index in [1.807, 2.05) is 93.6 Å². The molecular weight excluding hydrogens is 810 g/mol. The first kappa shape index (κ1) is 42.0. The molecule has 0 aliphatic carbocycles. The zero-order valence-corrected chi connectivity index (χ0v) is 34.1. The number of nitrogens with one attached hydrogen (secondary N) is 4. The van der Waals surface area contributed by atoms with E-state index in [4.69, 9.17) is 46.4 Å². The number of aromatic amines is 3.